The summed E-state index contributed by atoms with van der Waals surface area (Å²) >= 11 is 0. The second kappa shape index (κ2) is 5.42. The molecular formula is C11H19BO2. The minimum atomic E-state index is -0.191. The van der Waals surface area contributed by atoms with Gasteiger partial charge in [0.15, 0.2) is 0 Å². The second-order valence-corrected chi connectivity index (χ2v) is 4.38. The zero-order valence-corrected chi connectivity index (χ0v) is 9.05. The SMILES string of the molecule is [B]CCCC(=O)OC1(C)CCCCC1. The molecule has 14 heavy (non-hydrogen) atoms. The van der Waals surface area contributed by atoms with Crippen LogP contribution in [0.4, 0.5) is 0 Å². The maximum atomic E-state index is 11.4. The average molecular weight is 194 g/mol. The first-order valence-corrected chi connectivity index (χ1v) is 5.58. The minimum absolute atomic E-state index is 0.0835. The highest BCUT2D eigenvalue weighted by Gasteiger charge is 2.30. The number of ether oxygens (including phenoxy) is 1. The van der Waals surface area contributed by atoms with Crippen LogP contribution < -0.4 is 0 Å². The fourth-order valence-electron chi connectivity index (χ4n) is 1.97. The fourth-order valence-corrected chi connectivity index (χ4v) is 1.97. The van der Waals surface area contributed by atoms with Gasteiger partial charge >= 0.3 is 5.97 Å². The van der Waals surface area contributed by atoms with E-state index in [9.17, 15) is 4.79 Å². The van der Waals surface area contributed by atoms with Gasteiger partial charge in [0.2, 0.25) is 0 Å². The lowest BCUT2D eigenvalue weighted by molar-refractivity contribution is -0.161. The molecule has 2 radical (unpaired) electrons. The van der Waals surface area contributed by atoms with E-state index in [0.29, 0.717) is 12.7 Å². The molecule has 1 aliphatic carbocycles. The van der Waals surface area contributed by atoms with E-state index in [1.807, 2.05) is 6.92 Å². The molecule has 0 aromatic carbocycles. The van der Waals surface area contributed by atoms with Crippen LogP contribution in [0, 0.1) is 0 Å². The molecule has 0 amide bonds. The highest BCUT2D eigenvalue weighted by atomic mass is 16.6. The van der Waals surface area contributed by atoms with Crippen LogP contribution in [0.2, 0.25) is 6.32 Å². The van der Waals surface area contributed by atoms with E-state index in [2.05, 4.69) is 0 Å². The van der Waals surface area contributed by atoms with Gasteiger partial charge in [0, 0.05) is 6.42 Å². The average Bonchev–Trinajstić information content (AvgIpc) is 2.15. The van der Waals surface area contributed by atoms with Crippen molar-refractivity contribution >= 4 is 13.8 Å². The molecule has 1 saturated carbocycles. The first-order chi connectivity index (χ1) is 6.66. The molecule has 78 valence electrons. The van der Waals surface area contributed by atoms with Crippen molar-refractivity contribution in [2.75, 3.05) is 0 Å². The van der Waals surface area contributed by atoms with Crippen LogP contribution in [0.1, 0.15) is 51.9 Å². The molecule has 1 rings (SSSR count). The number of hydrogen-bond donors (Lipinski definition) is 0. The van der Waals surface area contributed by atoms with Crippen molar-refractivity contribution in [3.8, 4) is 0 Å². The Balaban J connectivity index is 2.29. The monoisotopic (exact) mass is 194 g/mol. The highest BCUT2D eigenvalue weighted by molar-refractivity contribution is 6.08. The summed E-state index contributed by atoms with van der Waals surface area (Å²) in [6.07, 6.45) is 7.42. The smallest absolute Gasteiger partial charge is 0.306 e. The first kappa shape index (κ1) is 11.6. The van der Waals surface area contributed by atoms with E-state index < -0.39 is 0 Å². The van der Waals surface area contributed by atoms with Gasteiger partial charge in [-0.25, -0.2) is 0 Å². The Bertz CT molecular complexity index is 186. The predicted molar refractivity (Wildman–Crippen MR) is 57.4 cm³/mol. The molecule has 0 saturated heterocycles. The third-order valence-electron chi connectivity index (χ3n) is 2.86. The molecule has 1 fully saturated rings. The van der Waals surface area contributed by atoms with Crippen LogP contribution in [0.25, 0.3) is 0 Å². The van der Waals surface area contributed by atoms with E-state index in [1.165, 1.54) is 19.3 Å². The third-order valence-corrected chi connectivity index (χ3v) is 2.86. The topological polar surface area (TPSA) is 26.3 Å². The zero-order chi connectivity index (χ0) is 10.4. The van der Waals surface area contributed by atoms with E-state index in [1.54, 1.807) is 0 Å². The van der Waals surface area contributed by atoms with Gasteiger partial charge in [-0.3, -0.25) is 4.79 Å². The van der Waals surface area contributed by atoms with Crippen molar-refractivity contribution in [3.63, 3.8) is 0 Å². The Morgan fingerprint density at radius 2 is 2.00 bits per heavy atom. The molecular weight excluding hydrogens is 175 g/mol. The molecule has 3 heteroatoms. The number of carbonyl (C=O) groups excluding carboxylic acids is 1. The normalized spacial score (nSPS) is 20.4. The molecule has 0 aliphatic heterocycles. The number of hydrogen-bond acceptors (Lipinski definition) is 2. The number of carbonyl (C=O) groups is 1. The second-order valence-electron chi connectivity index (χ2n) is 4.38. The van der Waals surface area contributed by atoms with E-state index in [0.717, 1.165) is 19.3 Å². The van der Waals surface area contributed by atoms with Gasteiger partial charge in [-0.05, 0) is 32.6 Å². The van der Waals surface area contributed by atoms with Crippen molar-refractivity contribution < 1.29 is 9.53 Å². The van der Waals surface area contributed by atoms with Gasteiger partial charge in [-0.2, -0.15) is 0 Å². The lowest BCUT2D eigenvalue weighted by atomic mass is 9.86. The lowest BCUT2D eigenvalue weighted by Crippen LogP contribution is -2.33. The summed E-state index contributed by atoms with van der Waals surface area (Å²) in [5, 5.41) is 0. The van der Waals surface area contributed by atoms with Crippen molar-refractivity contribution in [3.05, 3.63) is 0 Å². The summed E-state index contributed by atoms with van der Waals surface area (Å²) in [4.78, 5) is 11.4. The summed E-state index contributed by atoms with van der Waals surface area (Å²) in [6, 6.07) is 0. The van der Waals surface area contributed by atoms with Crippen LogP contribution in [0.3, 0.4) is 0 Å². The van der Waals surface area contributed by atoms with E-state index in [-0.39, 0.29) is 11.6 Å². The summed E-state index contributed by atoms with van der Waals surface area (Å²) in [5.41, 5.74) is -0.191. The maximum Gasteiger partial charge on any atom is 0.306 e. The maximum absolute atomic E-state index is 11.4. The van der Waals surface area contributed by atoms with Gasteiger partial charge in [-0.1, -0.05) is 19.2 Å². The van der Waals surface area contributed by atoms with Gasteiger partial charge in [-0.15, -0.1) is 0 Å². The van der Waals surface area contributed by atoms with Gasteiger partial charge in [0.25, 0.3) is 0 Å². The minimum Gasteiger partial charge on any atom is -0.459 e. The molecule has 0 atom stereocenters. The standard InChI is InChI=1S/C11H19BO2/c1-11(7-3-2-4-8-11)14-10(13)6-5-9-12/h2-9H2,1H3. The van der Waals surface area contributed by atoms with Crippen LogP contribution >= 0.6 is 0 Å². The molecule has 0 spiro atoms. The molecule has 0 N–H and O–H groups in total. The van der Waals surface area contributed by atoms with Gasteiger partial charge in [0.05, 0.1) is 7.85 Å². The Morgan fingerprint density at radius 1 is 1.36 bits per heavy atom. The van der Waals surface area contributed by atoms with Gasteiger partial charge in [0.1, 0.15) is 5.60 Å². The zero-order valence-electron chi connectivity index (χ0n) is 9.05. The summed E-state index contributed by atoms with van der Waals surface area (Å²) in [7, 11) is 5.34. The van der Waals surface area contributed by atoms with E-state index in [4.69, 9.17) is 12.6 Å². The molecule has 0 aromatic heterocycles. The predicted octanol–water partition coefficient (Wildman–Crippen LogP) is 2.62. The molecule has 0 bridgehead atoms. The van der Waals surface area contributed by atoms with Crippen molar-refractivity contribution in [2.45, 2.75) is 63.8 Å². The molecule has 0 heterocycles. The van der Waals surface area contributed by atoms with Gasteiger partial charge < -0.3 is 4.74 Å². The number of rotatable bonds is 4. The summed E-state index contributed by atoms with van der Waals surface area (Å²) < 4.78 is 5.49. The van der Waals surface area contributed by atoms with Crippen LogP contribution in [0.15, 0.2) is 0 Å². The quantitative estimate of drug-likeness (QED) is 0.507. The molecule has 0 aromatic rings. The van der Waals surface area contributed by atoms with Crippen molar-refractivity contribution in [1.82, 2.24) is 0 Å². The molecule has 2 nitrogen and oxygen atoms in total. The molecule has 0 unspecified atom stereocenters. The van der Waals surface area contributed by atoms with Crippen LogP contribution in [-0.2, 0) is 9.53 Å². The first-order valence-electron chi connectivity index (χ1n) is 5.58. The van der Waals surface area contributed by atoms with Crippen LogP contribution in [0.5, 0.6) is 0 Å². The van der Waals surface area contributed by atoms with Crippen molar-refractivity contribution in [1.29, 1.82) is 0 Å². The summed E-state index contributed by atoms with van der Waals surface area (Å²) in [5.74, 6) is -0.0835. The van der Waals surface area contributed by atoms with Crippen LogP contribution in [-0.4, -0.2) is 19.4 Å². The largest absolute Gasteiger partial charge is 0.459 e. The third kappa shape index (κ3) is 3.73. The van der Waals surface area contributed by atoms with E-state index >= 15 is 0 Å². The fraction of sp³-hybridized carbons (Fsp3) is 0.909. The summed E-state index contributed by atoms with van der Waals surface area (Å²) in [6.45, 7) is 2.05. The Kier molecular flexibility index (Phi) is 4.50. The molecule has 1 aliphatic rings. The number of esters is 1. The highest BCUT2D eigenvalue weighted by Crippen LogP contribution is 2.31. The Hall–Kier alpha value is -0.465. The lowest BCUT2D eigenvalue weighted by Gasteiger charge is -2.33. The Labute approximate surface area is 87.8 Å². The Morgan fingerprint density at radius 3 is 2.57 bits per heavy atom. The van der Waals surface area contributed by atoms with Crippen molar-refractivity contribution in [2.24, 2.45) is 0 Å².